The fraction of sp³-hybridized carbons (Fsp3) is 0.250. The number of rotatable bonds is 1. The third-order valence-electron chi connectivity index (χ3n) is 2.10. The van der Waals surface area contributed by atoms with Crippen molar-refractivity contribution in [2.45, 2.75) is 13.8 Å². The van der Waals surface area contributed by atoms with Gasteiger partial charge in [0.25, 0.3) is 0 Å². The highest BCUT2D eigenvalue weighted by Gasteiger charge is 2.20. The molecule has 0 atom stereocenters. The zero-order valence-electron chi connectivity index (χ0n) is 7.54. The summed E-state index contributed by atoms with van der Waals surface area (Å²) in [4.78, 5) is 16.6. The van der Waals surface area contributed by atoms with Gasteiger partial charge in [-0.1, -0.05) is 11.6 Å². The number of hydrogen-bond donors (Lipinski definition) is 1. The minimum atomic E-state index is -1.05. The number of carboxylic acids is 1. The Bertz CT molecular complexity index is 529. The molecule has 0 amide bonds. The van der Waals surface area contributed by atoms with Gasteiger partial charge in [0.2, 0.25) is 0 Å². The highest BCUT2D eigenvalue weighted by Crippen LogP contribution is 2.27. The van der Waals surface area contributed by atoms with Gasteiger partial charge in [0.15, 0.2) is 15.8 Å². The van der Waals surface area contributed by atoms with Gasteiger partial charge in [-0.3, -0.25) is 4.40 Å². The Kier molecular flexibility index (Phi) is 2.01. The molecule has 0 aliphatic heterocycles. The van der Waals surface area contributed by atoms with Crippen molar-refractivity contribution in [2.75, 3.05) is 0 Å². The van der Waals surface area contributed by atoms with Crippen LogP contribution >= 0.6 is 22.9 Å². The zero-order chi connectivity index (χ0) is 10.5. The maximum Gasteiger partial charge on any atom is 0.356 e. The van der Waals surface area contributed by atoms with Crippen molar-refractivity contribution >= 4 is 33.9 Å². The van der Waals surface area contributed by atoms with Gasteiger partial charge in [-0.15, -0.1) is 11.3 Å². The summed E-state index contributed by atoms with van der Waals surface area (Å²) in [7, 11) is 0. The standard InChI is InChI=1S/C8H7ClN2O2S/c1-3-4(2)14-8-10-6(9)5(7(12)13)11(3)8/h1-2H3,(H,12,13). The molecule has 0 aliphatic carbocycles. The summed E-state index contributed by atoms with van der Waals surface area (Å²) in [5, 5.41) is 8.99. The van der Waals surface area contributed by atoms with E-state index in [4.69, 9.17) is 16.7 Å². The highest BCUT2D eigenvalue weighted by molar-refractivity contribution is 7.17. The first-order chi connectivity index (χ1) is 6.52. The van der Waals surface area contributed by atoms with Gasteiger partial charge in [-0.25, -0.2) is 9.78 Å². The maximum atomic E-state index is 10.9. The van der Waals surface area contributed by atoms with Gasteiger partial charge < -0.3 is 5.11 Å². The summed E-state index contributed by atoms with van der Waals surface area (Å²) in [5.74, 6) is -1.05. The highest BCUT2D eigenvalue weighted by atomic mass is 35.5. The molecule has 0 unspecified atom stereocenters. The number of carboxylic acid groups (broad SMARTS) is 1. The fourth-order valence-corrected chi connectivity index (χ4v) is 2.57. The van der Waals surface area contributed by atoms with Crippen LogP contribution in [0.4, 0.5) is 0 Å². The van der Waals surface area contributed by atoms with Crippen LogP contribution < -0.4 is 0 Å². The molecule has 2 aromatic rings. The lowest BCUT2D eigenvalue weighted by Gasteiger charge is -1.95. The van der Waals surface area contributed by atoms with Crippen molar-refractivity contribution in [3.05, 3.63) is 21.4 Å². The number of imidazole rings is 1. The summed E-state index contributed by atoms with van der Waals surface area (Å²) in [5.41, 5.74) is 0.922. The van der Waals surface area contributed by atoms with Crippen molar-refractivity contribution in [3.63, 3.8) is 0 Å². The average Bonchev–Trinajstić information content (AvgIpc) is 2.51. The number of thiazole rings is 1. The van der Waals surface area contributed by atoms with E-state index in [2.05, 4.69) is 4.98 Å². The summed E-state index contributed by atoms with van der Waals surface area (Å²) in [6.45, 7) is 3.78. The lowest BCUT2D eigenvalue weighted by molar-refractivity contribution is 0.0689. The first kappa shape index (κ1) is 9.48. The van der Waals surface area contributed by atoms with Gasteiger partial charge in [-0.2, -0.15) is 0 Å². The number of hydrogen-bond acceptors (Lipinski definition) is 3. The summed E-state index contributed by atoms with van der Waals surface area (Å²) < 4.78 is 1.57. The van der Waals surface area contributed by atoms with Crippen LogP contribution in [0.3, 0.4) is 0 Å². The molecular formula is C8H7ClN2O2S. The third-order valence-corrected chi connectivity index (χ3v) is 3.42. The Morgan fingerprint density at radius 3 is 2.79 bits per heavy atom. The van der Waals surface area contributed by atoms with Crippen LogP contribution in [0.1, 0.15) is 21.1 Å². The van der Waals surface area contributed by atoms with E-state index in [1.54, 1.807) is 4.40 Å². The van der Waals surface area contributed by atoms with Gasteiger partial charge in [0.05, 0.1) is 0 Å². The molecule has 74 valence electrons. The van der Waals surface area contributed by atoms with Crippen LogP contribution in [-0.4, -0.2) is 20.5 Å². The lowest BCUT2D eigenvalue weighted by Crippen LogP contribution is -2.03. The van der Waals surface area contributed by atoms with Crippen LogP contribution in [0.2, 0.25) is 5.15 Å². The van der Waals surface area contributed by atoms with E-state index in [-0.39, 0.29) is 10.8 Å². The van der Waals surface area contributed by atoms with Gasteiger partial charge >= 0.3 is 5.97 Å². The molecule has 0 bridgehead atoms. The number of nitrogens with zero attached hydrogens (tertiary/aromatic N) is 2. The van der Waals surface area contributed by atoms with Gasteiger partial charge in [0.1, 0.15) is 0 Å². The molecule has 0 saturated heterocycles. The Morgan fingerprint density at radius 1 is 1.57 bits per heavy atom. The number of carbonyl (C=O) groups is 1. The zero-order valence-corrected chi connectivity index (χ0v) is 9.11. The van der Waals surface area contributed by atoms with Crippen LogP contribution in [0, 0.1) is 13.8 Å². The molecule has 4 nitrogen and oxygen atoms in total. The van der Waals surface area contributed by atoms with Gasteiger partial charge in [0, 0.05) is 10.6 Å². The first-order valence-electron chi connectivity index (χ1n) is 3.89. The van der Waals surface area contributed by atoms with E-state index in [9.17, 15) is 4.79 Å². The van der Waals surface area contributed by atoms with Gasteiger partial charge in [-0.05, 0) is 13.8 Å². The molecule has 6 heteroatoms. The molecule has 0 radical (unpaired) electrons. The molecular weight excluding hydrogens is 224 g/mol. The topological polar surface area (TPSA) is 54.6 Å². The number of aromatic carboxylic acids is 1. The predicted molar refractivity (Wildman–Crippen MR) is 54.5 cm³/mol. The van der Waals surface area contributed by atoms with Crippen molar-refractivity contribution in [2.24, 2.45) is 0 Å². The van der Waals surface area contributed by atoms with Crippen LogP contribution in [0.5, 0.6) is 0 Å². The molecule has 2 rings (SSSR count). The van der Waals surface area contributed by atoms with Crippen LogP contribution in [0.25, 0.3) is 4.96 Å². The maximum absolute atomic E-state index is 10.9. The molecule has 0 spiro atoms. The van der Waals surface area contributed by atoms with E-state index < -0.39 is 5.97 Å². The first-order valence-corrected chi connectivity index (χ1v) is 5.09. The quantitative estimate of drug-likeness (QED) is 0.818. The molecule has 0 fully saturated rings. The predicted octanol–water partition coefficient (Wildman–Crippen LogP) is 2.36. The van der Waals surface area contributed by atoms with E-state index in [1.807, 2.05) is 13.8 Å². The summed E-state index contributed by atoms with van der Waals surface area (Å²) in [6.07, 6.45) is 0. The minimum Gasteiger partial charge on any atom is -0.476 e. The van der Waals surface area contributed by atoms with Crippen molar-refractivity contribution in [3.8, 4) is 0 Å². The summed E-state index contributed by atoms with van der Waals surface area (Å²) in [6, 6.07) is 0. The monoisotopic (exact) mass is 230 g/mol. The van der Waals surface area contributed by atoms with E-state index in [0.717, 1.165) is 10.6 Å². The van der Waals surface area contributed by atoms with Crippen LogP contribution in [-0.2, 0) is 0 Å². The smallest absolute Gasteiger partial charge is 0.356 e. The SMILES string of the molecule is Cc1sc2nc(Cl)c(C(=O)O)n2c1C. The molecule has 0 saturated carbocycles. The number of halogens is 1. The van der Waals surface area contributed by atoms with E-state index in [1.165, 1.54) is 11.3 Å². The fourth-order valence-electron chi connectivity index (χ4n) is 1.31. The molecule has 0 aromatic carbocycles. The largest absolute Gasteiger partial charge is 0.476 e. The molecule has 0 aliphatic rings. The van der Waals surface area contributed by atoms with E-state index >= 15 is 0 Å². The Hall–Kier alpha value is -1.07. The number of aryl methyl sites for hydroxylation is 2. The van der Waals surface area contributed by atoms with Crippen molar-refractivity contribution in [1.82, 2.24) is 9.38 Å². The number of fused-ring (bicyclic) bond motifs is 1. The Balaban J connectivity index is 2.91. The van der Waals surface area contributed by atoms with Crippen LogP contribution in [0.15, 0.2) is 0 Å². The number of aromatic nitrogens is 2. The second kappa shape index (κ2) is 2.96. The Labute approximate surface area is 88.8 Å². The average molecular weight is 231 g/mol. The van der Waals surface area contributed by atoms with Crippen molar-refractivity contribution < 1.29 is 9.90 Å². The third kappa shape index (κ3) is 1.13. The second-order valence-corrected chi connectivity index (χ2v) is 4.46. The molecule has 2 heterocycles. The van der Waals surface area contributed by atoms with E-state index in [0.29, 0.717) is 4.96 Å². The Morgan fingerprint density at radius 2 is 2.21 bits per heavy atom. The normalized spacial score (nSPS) is 11.1. The second-order valence-electron chi connectivity index (χ2n) is 2.92. The lowest BCUT2D eigenvalue weighted by atomic mass is 10.4. The van der Waals surface area contributed by atoms with Crippen molar-refractivity contribution in [1.29, 1.82) is 0 Å². The molecule has 14 heavy (non-hydrogen) atoms. The molecule has 2 aromatic heterocycles. The minimum absolute atomic E-state index is 0.0449. The summed E-state index contributed by atoms with van der Waals surface area (Å²) >= 11 is 7.16. The molecule has 1 N–H and O–H groups in total.